The Bertz CT molecular complexity index is 474. The van der Waals surface area contributed by atoms with Gasteiger partial charge in [-0.15, -0.1) is 0 Å². The first-order chi connectivity index (χ1) is 8.84. The third kappa shape index (κ3) is 4.92. The maximum absolute atomic E-state index is 11.6. The second kappa shape index (κ2) is 6.14. The van der Waals surface area contributed by atoms with Crippen LogP contribution in [0.2, 0.25) is 0 Å². The lowest BCUT2D eigenvalue weighted by molar-refractivity contribution is -0.384. The third-order valence-corrected chi connectivity index (χ3v) is 2.39. The standard InChI is InChI=1S/C12H17N3O4/c1-12(2,8-13)14-11(16)7-19-10-5-3-4-9(6-10)15(17)18/h3-6H,7-8,13H2,1-2H3,(H,14,16). The largest absolute Gasteiger partial charge is 0.484 e. The van der Waals surface area contributed by atoms with E-state index < -0.39 is 10.5 Å². The minimum Gasteiger partial charge on any atom is -0.484 e. The van der Waals surface area contributed by atoms with E-state index in [1.807, 2.05) is 0 Å². The molecule has 0 aromatic heterocycles. The molecular formula is C12H17N3O4. The van der Waals surface area contributed by atoms with Crippen molar-refractivity contribution in [1.82, 2.24) is 5.32 Å². The van der Waals surface area contributed by atoms with Crippen molar-refractivity contribution in [3.63, 3.8) is 0 Å². The van der Waals surface area contributed by atoms with Gasteiger partial charge >= 0.3 is 0 Å². The molecule has 7 nitrogen and oxygen atoms in total. The van der Waals surface area contributed by atoms with Crippen LogP contribution in [0.15, 0.2) is 24.3 Å². The van der Waals surface area contributed by atoms with Crippen molar-refractivity contribution in [2.45, 2.75) is 19.4 Å². The van der Waals surface area contributed by atoms with Crippen LogP contribution in [0.5, 0.6) is 5.75 Å². The van der Waals surface area contributed by atoms with Gasteiger partial charge in [0, 0.05) is 18.2 Å². The van der Waals surface area contributed by atoms with Crippen molar-refractivity contribution < 1.29 is 14.5 Å². The smallest absolute Gasteiger partial charge is 0.273 e. The molecule has 0 atom stereocenters. The molecule has 104 valence electrons. The Balaban J connectivity index is 2.55. The fraction of sp³-hybridized carbons (Fsp3) is 0.417. The Morgan fingerprint density at radius 2 is 2.21 bits per heavy atom. The summed E-state index contributed by atoms with van der Waals surface area (Å²) >= 11 is 0. The summed E-state index contributed by atoms with van der Waals surface area (Å²) in [5.74, 6) is -0.0585. The van der Waals surface area contributed by atoms with Gasteiger partial charge in [0.2, 0.25) is 0 Å². The lowest BCUT2D eigenvalue weighted by Gasteiger charge is -2.24. The summed E-state index contributed by atoms with van der Waals surface area (Å²) in [4.78, 5) is 21.6. The van der Waals surface area contributed by atoms with Crippen LogP contribution < -0.4 is 15.8 Å². The van der Waals surface area contributed by atoms with Gasteiger partial charge in [0.1, 0.15) is 5.75 Å². The summed E-state index contributed by atoms with van der Waals surface area (Å²) in [5.41, 5.74) is 4.89. The van der Waals surface area contributed by atoms with E-state index in [0.29, 0.717) is 6.54 Å². The Kier molecular flexibility index (Phi) is 4.82. The monoisotopic (exact) mass is 267 g/mol. The molecule has 0 aliphatic carbocycles. The fourth-order valence-electron chi connectivity index (χ4n) is 1.30. The van der Waals surface area contributed by atoms with E-state index in [4.69, 9.17) is 10.5 Å². The van der Waals surface area contributed by atoms with Gasteiger partial charge in [-0.25, -0.2) is 0 Å². The summed E-state index contributed by atoms with van der Waals surface area (Å²) < 4.78 is 5.19. The summed E-state index contributed by atoms with van der Waals surface area (Å²) in [6.07, 6.45) is 0. The number of nitrogens with one attached hydrogen (secondary N) is 1. The minimum absolute atomic E-state index is 0.0832. The van der Waals surface area contributed by atoms with Gasteiger partial charge in [0.05, 0.1) is 11.0 Å². The summed E-state index contributed by atoms with van der Waals surface area (Å²) in [6, 6.07) is 5.66. The fourth-order valence-corrected chi connectivity index (χ4v) is 1.30. The first-order valence-corrected chi connectivity index (χ1v) is 5.72. The second-order valence-corrected chi connectivity index (χ2v) is 4.68. The van der Waals surface area contributed by atoms with Gasteiger partial charge in [0.15, 0.2) is 6.61 Å². The van der Waals surface area contributed by atoms with Crippen LogP contribution in [0, 0.1) is 10.1 Å². The number of nitrogens with zero attached hydrogens (tertiary/aromatic N) is 1. The van der Waals surface area contributed by atoms with Gasteiger partial charge < -0.3 is 15.8 Å². The van der Waals surface area contributed by atoms with Gasteiger partial charge in [0.25, 0.3) is 11.6 Å². The van der Waals surface area contributed by atoms with Crippen molar-refractivity contribution in [2.24, 2.45) is 5.73 Å². The number of non-ortho nitro benzene ring substituents is 1. The SMILES string of the molecule is CC(C)(CN)NC(=O)COc1cccc([N+](=O)[O-])c1. The zero-order valence-electron chi connectivity index (χ0n) is 10.9. The molecule has 0 radical (unpaired) electrons. The normalized spacial score (nSPS) is 10.9. The Hall–Kier alpha value is -2.15. The summed E-state index contributed by atoms with van der Waals surface area (Å²) in [7, 11) is 0. The Morgan fingerprint density at radius 1 is 1.53 bits per heavy atom. The van der Waals surface area contributed by atoms with Crippen molar-refractivity contribution in [1.29, 1.82) is 0 Å². The number of nitro benzene ring substituents is 1. The van der Waals surface area contributed by atoms with Gasteiger partial charge in [-0.2, -0.15) is 0 Å². The molecule has 0 saturated heterocycles. The minimum atomic E-state index is -0.523. The molecule has 1 aromatic carbocycles. The van der Waals surface area contributed by atoms with Crippen LogP contribution in [-0.2, 0) is 4.79 Å². The number of hydrogen-bond acceptors (Lipinski definition) is 5. The van der Waals surface area contributed by atoms with E-state index in [-0.39, 0.29) is 24.0 Å². The molecule has 0 aliphatic rings. The average molecular weight is 267 g/mol. The number of nitrogens with two attached hydrogens (primary N) is 1. The van der Waals surface area contributed by atoms with Gasteiger partial charge in [-0.1, -0.05) is 6.07 Å². The number of rotatable bonds is 6. The third-order valence-electron chi connectivity index (χ3n) is 2.39. The molecule has 3 N–H and O–H groups in total. The van der Waals surface area contributed by atoms with Crippen LogP contribution in [0.1, 0.15) is 13.8 Å². The molecular weight excluding hydrogens is 250 g/mol. The van der Waals surface area contributed by atoms with E-state index >= 15 is 0 Å². The molecule has 19 heavy (non-hydrogen) atoms. The number of nitro groups is 1. The van der Waals surface area contributed by atoms with Crippen LogP contribution in [0.3, 0.4) is 0 Å². The molecule has 0 saturated carbocycles. The van der Waals surface area contributed by atoms with Crippen molar-refractivity contribution >= 4 is 11.6 Å². The Morgan fingerprint density at radius 3 is 2.79 bits per heavy atom. The van der Waals surface area contributed by atoms with Crippen molar-refractivity contribution in [3.05, 3.63) is 34.4 Å². The molecule has 0 fully saturated rings. The summed E-state index contributed by atoms with van der Waals surface area (Å²) in [6.45, 7) is 3.66. The molecule has 1 rings (SSSR count). The zero-order chi connectivity index (χ0) is 14.5. The predicted octanol–water partition coefficient (Wildman–Crippen LogP) is 0.827. The number of hydrogen-bond donors (Lipinski definition) is 2. The summed E-state index contributed by atoms with van der Waals surface area (Å²) in [5, 5.41) is 13.3. The molecule has 0 spiro atoms. The van der Waals surface area contributed by atoms with E-state index in [1.165, 1.54) is 18.2 Å². The lowest BCUT2D eigenvalue weighted by atomic mass is 10.1. The quantitative estimate of drug-likeness (QED) is 0.586. The number of amides is 1. The van der Waals surface area contributed by atoms with E-state index in [9.17, 15) is 14.9 Å². The maximum Gasteiger partial charge on any atom is 0.273 e. The van der Waals surface area contributed by atoms with Crippen LogP contribution in [-0.4, -0.2) is 29.5 Å². The zero-order valence-corrected chi connectivity index (χ0v) is 10.9. The van der Waals surface area contributed by atoms with E-state index in [2.05, 4.69) is 5.32 Å². The van der Waals surface area contributed by atoms with E-state index in [0.717, 1.165) is 0 Å². The first kappa shape index (κ1) is 14.9. The maximum atomic E-state index is 11.6. The second-order valence-electron chi connectivity index (χ2n) is 4.68. The topological polar surface area (TPSA) is 107 Å². The molecule has 0 heterocycles. The van der Waals surface area contributed by atoms with Crippen molar-refractivity contribution in [3.8, 4) is 5.75 Å². The highest BCUT2D eigenvalue weighted by molar-refractivity contribution is 5.78. The van der Waals surface area contributed by atoms with Gasteiger partial charge in [-0.05, 0) is 19.9 Å². The highest BCUT2D eigenvalue weighted by atomic mass is 16.6. The number of carbonyl (C=O) groups excluding carboxylic acids is 1. The molecule has 0 unspecified atom stereocenters. The molecule has 0 aliphatic heterocycles. The number of carbonyl (C=O) groups is 1. The predicted molar refractivity (Wildman–Crippen MR) is 69.9 cm³/mol. The highest BCUT2D eigenvalue weighted by Crippen LogP contribution is 2.18. The molecule has 1 aromatic rings. The number of ether oxygens (including phenoxy) is 1. The van der Waals surface area contributed by atoms with Crippen LogP contribution in [0.25, 0.3) is 0 Å². The van der Waals surface area contributed by atoms with E-state index in [1.54, 1.807) is 19.9 Å². The number of benzene rings is 1. The average Bonchev–Trinajstić information content (AvgIpc) is 2.36. The van der Waals surface area contributed by atoms with Crippen LogP contribution in [0.4, 0.5) is 5.69 Å². The molecule has 7 heteroatoms. The molecule has 0 bridgehead atoms. The lowest BCUT2D eigenvalue weighted by Crippen LogP contribution is -2.50. The Labute approximate surface area is 110 Å². The van der Waals surface area contributed by atoms with Gasteiger partial charge in [-0.3, -0.25) is 14.9 Å². The first-order valence-electron chi connectivity index (χ1n) is 5.72. The molecule has 1 amide bonds. The highest BCUT2D eigenvalue weighted by Gasteiger charge is 2.18. The van der Waals surface area contributed by atoms with Crippen molar-refractivity contribution in [2.75, 3.05) is 13.2 Å². The van der Waals surface area contributed by atoms with Crippen LogP contribution >= 0.6 is 0 Å².